The quantitative estimate of drug-likeness (QED) is 0.432. The molecule has 3 aromatic heterocycles. The van der Waals surface area contributed by atoms with E-state index in [9.17, 15) is 22.8 Å². The molecule has 1 amide bonds. The Morgan fingerprint density at radius 2 is 1.91 bits per heavy atom. The fourth-order valence-electron chi connectivity index (χ4n) is 3.35. The number of fused-ring (bicyclic) bond motifs is 1. The third kappa shape index (κ3) is 4.43. The van der Waals surface area contributed by atoms with Gasteiger partial charge in [0, 0.05) is 29.8 Å². The number of ether oxygens (including phenoxy) is 1. The number of rotatable bonds is 5. The van der Waals surface area contributed by atoms with Gasteiger partial charge in [-0.2, -0.15) is 18.3 Å². The Morgan fingerprint density at radius 1 is 1.15 bits per heavy atom. The zero-order chi connectivity index (χ0) is 23.8. The number of alkyl halides is 3. The van der Waals surface area contributed by atoms with Crippen LogP contribution in [-0.2, 0) is 18.0 Å². The molecule has 0 radical (unpaired) electrons. The molecule has 33 heavy (non-hydrogen) atoms. The smallest absolute Gasteiger partial charge is 0.417 e. The number of hydrogen-bond acceptors (Lipinski definition) is 5. The van der Waals surface area contributed by atoms with Crippen LogP contribution >= 0.6 is 0 Å². The van der Waals surface area contributed by atoms with Gasteiger partial charge in [-0.25, -0.2) is 9.78 Å². The van der Waals surface area contributed by atoms with E-state index < -0.39 is 23.6 Å². The summed E-state index contributed by atoms with van der Waals surface area (Å²) in [6.07, 6.45) is -4.51. The van der Waals surface area contributed by atoms with Crippen molar-refractivity contribution in [1.82, 2.24) is 19.7 Å². The first-order valence-corrected chi connectivity index (χ1v) is 9.86. The van der Waals surface area contributed by atoms with Crippen molar-refractivity contribution in [3.63, 3.8) is 0 Å². The molecule has 0 aliphatic heterocycles. The highest BCUT2D eigenvalue weighted by Gasteiger charge is 2.33. The van der Waals surface area contributed by atoms with Crippen molar-refractivity contribution in [3.8, 4) is 11.3 Å². The van der Waals surface area contributed by atoms with Crippen LogP contribution in [0.2, 0.25) is 0 Å². The fraction of sp³-hybridized carbons (Fsp3) is 0.182. The van der Waals surface area contributed by atoms with Crippen molar-refractivity contribution >= 4 is 28.7 Å². The molecular formula is C22H18F3N5O3. The molecule has 0 aliphatic rings. The van der Waals surface area contributed by atoms with Gasteiger partial charge in [0.2, 0.25) is 0 Å². The van der Waals surface area contributed by atoms with Crippen molar-refractivity contribution < 1.29 is 27.5 Å². The predicted octanol–water partition coefficient (Wildman–Crippen LogP) is 4.41. The van der Waals surface area contributed by atoms with E-state index in [1.165, 1.54) is 42.1 Å². The molecule has 0 unspecified atom stereocenters. The van der Waals surface area contributed by atoms with Crippen LogP contribution in [0.15, 0.2) is 48.5 Å². The molecular weight excluding hydrogens is 439 g/mol. The Kier molecular flexibility index (Phi) is 5.62. The third-order valence-electron chi connectivity index (χ3n) is 4.84. The number of esters is 1. The first-order valence-electron chi connectivity index (χ1n) is 9.86. The Morgan fingerprint density at radius 3 is 2.64 bits per heavy atom. The molecule has 3 heterocycles. The van der Waals surface area contributed by atoms with Gasteiger partial charge < -0.3 is 15.0 Å². The molecule has 0 spiro atoms. The van der Waals surface area contributed by atoms with Crippen molar-refractivity contribution in [3.05, 3.63) is 65.5 Å². The topological polar surface area (TPSA) is 102 Å². The van der Waals surface area contributed by atoms with Crippen LogP contribution in [0.1, 0.15) is 33.5 Å². The largest absolute Gasteiger partial charge is 0.461 e. The van der Waals surface area contributed by atoms with E-state index >= 15 is 0 Å². The third-order valence-corrected chi connectivity index (χ3v) is 4.84. The molecule has 11 heteroatoms. The highest BCUT2D eigenvalue weighted by atomic mass is 19.4. The van der Waals surface area contributed by atoms with Crippen LogP contribution in [0.4, 0.5) is 19.0 Å². The second-order valence-electron chi connectivity index (χ2n) is 7.07. The number of aromatic nitrogens is 4. The number of aryl methyl sites for hydroxylation is 1. The molecule has 8 nitrogen and oxygen atoms in total. The normalized spacial score (nSPS) is 11.5. The van der Waals surface area contributed by atoms with Gasteiger partial charge in [0.1, 0.15) is 17.2 Å². The van der Waals surface area contributed by atoms with E-state index in [4.69, 9.17) is 4.74 Å². The van der Waals surface area contributed by atoms with Gasteiger partial charge in [0.05, 0.1) is 12.2 Å². The number of anilines is 1. The van der Waals surface area contributed by atoms with E-state index in [0.717, 1.165) is 6.07 Å². The summed E-state index contributed by atoms with van der Waals surface area (Å²) in [5.41, 5.74) is -0.123. The molecule has 4 rings (SSSR count). The number of H-pyrrole nitrogens is 1. The molecule has 0 bridgehead atoms. The SMILES string of the molecule is CCOC(=O)c1cc(C(=O)Nc2ccc3cc(-c4ccccc4C(F)(F)F)[nH]c3n2)n(C)n1. The van der Waals surface area contributed by atoms with Crippen LogP contribution in [0.3, 0.4) is 0 Å². The fourth-order valence-corrected chi connectivity index (χ4v) is 3.35. The highest BCUT2D eigenvalue weighted by Crippen LogP contribution is 2.37. The summed E-state index contributed by atoms with van der Waals surface area (Å²) in [6, 6.07) is 11.2. The predicted molar refractivity (Wildman–Crippen MR) is 114 cm³/mol. The number of hydrogen-bond donors (Lipinski definition) is 2. The van der Waals surface area contributed by atoms with E-state index in [1.807, 2.05) is 0 Å². The Hall–Kier alpha value is -4.15. The van der Waals surface area contributed by atoms with E-state index in [2.05, 4.69) is 20.4 Å². The number of carbonyl (C=O) groups is 2. The lowest BCUT2D eigenvalue weighted by Crippen LogP contribution is -2.16. The summed E-state index contributed by atoms with van der Waals surface area (Å²) in [4.78, 5) is 31.6. The molecule has 1 aromatic carbocycles. The second kappa shape index (κ2) is 8.41. The second-order valence-corrected chi connectivity index (χ2v) is 7.07. The maximum absolute atomic E-state index is 13.4. The van der Waals surface area contributed by atoms with Gasteiger partial charge in [0.15, 0.2) is 5.69 Å². The van der Waals surface area contributed by atoms with E-state index in [1.54, 1.807) is 19.1 Å². The van der Waals surface area contributed by atoms with Crippen molar-refractivity contribution in [1.29, 1.82) is 0 Å². The Labute approximate surface area is 185 Å². The van der Waals surface area contributed by atoms with Gasteiger partial charge in [-0.1, -0.05) is 18.2 Å². The Bertz CT molecular complexity index is 1360. The molecule has 0 saturated carbocycles. The number of nitrogens with one attached hydrogen (secondary N) is 2. The zero-order valence-corrected chi connectivity index (χ0v) is 17.5. The number of benzene rings is 1. The van der Waals surface area contributed by atoms with E-state index in [0.29, 0.717) is 11.0 Å². The Balaban J connectivity index is 1.61. The van der Waals surface area contributed by atoms with E-state index in [-0.39, 0.29) is 35.1 Å². The zero-order valence-electron chi connectivity index (χ0n) is 17.5. The molecule has 0 atom stereocenters. The van der Waals surface area contributed by atoms with Crippen LogP contribution < -0.4 is 5.32 Å². The summed E-state index contributed by atoms with van der Waals surface area (Å²) < 4.78 is 46.2. The van der Waals surface area contributed by atoms with Gasteiger partial charge in [-0.15, -0.1) is 0 Å². The van der Waals surface area contributed by atoms with Crippen LogP contribution in [0.5, 0.6) is 0 Å². The molecule has 0 saturated heterocycles. The van der Waals surface area contributed by atoms with Crippen molar-refractivity contribution in [2.75, 3.05) is 11.9 Å². The minimum Gasteiger partial charge on any atom is -0.461 e. The monoisotopic (exact) mass is 457 g/mol. The summed E-state index contributed by atoms with van der Waals surface area (Å²) in [7, 11) is 1.50. The summed E-state index contributed by atoms with van der Waals surface area (Å²) in [5.74, 6) is -1.05. The van der Waals surface area contributed by atoms with Gasteiger partial charge in [-0.3, -0.25) is 9.48 Å². The summed E-state index contributed by atoms with van der Waals surface area (Å²) in [5, 5.41) is 7.14. The maximum Gasteiger partial charge on any atom is 0.417 e. The lowest BCUT2D eigenvalue weighted by atomic mass is 10.0. The van der Waals surface area contributed by atoms with Gasteiger partial charge >= 0.3 is 12.1 Å². The number of nitrogens with zero attached hydrogens (tertiary/aromatic N) is 3. The first kappa shape index (κ1) is 22.1. The highest BCUT2D eigenvalue weighted by molar-refractivity contribution is 6.04. The number of pyridine rings is 1. The maximum atomic E-state index is 13.4. The van der Waals surface area contributed by atoms with Gasteiger partial charge in [-0.05, 0) is 31.2 Å². The number of aromatic amines is 1. The van der Waals surface area contributed by atoms with Crippen LogP contribution in [-0.4, -0.2) is 38.2 Å². The number of carbonyl (C=O) groups excluding carboxylic acids is 2. The number of halogens is 3. The lowest BCUT2D eigenvalue weighted by Gasteiger charge is -2.11. The summed E-state index contributed by atoms with van der Waals surface area (Å²) >= 11 is 0. The molecule has 0 aliphatic carbocycles. The van der Waals surface area contributed by atoms with Crippen LogP contribution in [0.25, 0.3) is 22.3 Å². The van der Waals surface area contributed by atoms with Crippen molar-refractivity contribution in [2.45, 2.75) is 13.1 Å². The number of amides is 1. The lowest BCUT2D eigenvalue weighted by molar-refractivity contribution is -0.137. The summed E-state index contributed by atoms with van der Waals surface area (Å²) in [6.45, 7) is 1.83. The average molecular weight is 457 g/mol. The average Bonchev–Trinajstić information content (AvgIpc) is 3.36. The standard InChI is InChI=1S/C22H18F3N5O3/c1-3-33-21(32)16-11-17(30(2)29-16)20(31)28-18-9-8-12-10-15(26-19(12)27-18)13-6-4-5-7-14(13)22(23,24)25/h4-11H,3H2,1-2H3,(H2,26,27,28,31). The molecule has 170 valence electrons. The minimum absolute atomic E-state index is 0.00466. The first-order chi connectivity index (χ1) is 15.7. The van der Waals surface area contributed by atoms with Gasteiger partial charge in [0.25, 0.3) is 5.91 Å². The minimum atomic E-state index is -4.51. The molecule has 2 N–H and O–H groups in total. The van der Waals surface area contributed by atoms with Crippen LogP contribution in [0, 0.1) is 0 Å². The van der Waals surface area contributed by atoms with Crippen molar-refractivity contribution in [2.24, 2.45) is 7.05 Å². The molecule has 0 fully saturated rings. The molecule has 4 aromatic rings.